The number of sulfonamides is 1. The summed E-state index contributed by atoms with van der Waals surface area (Å²) < 4.78 is 24.6. The molecule has 1 aliphatic rings. The van der Waals surface area contributed by atoms with E-state index in [4.69, 9.17) is 5.73 Å². The Hall–Kier alpha value is -2.01. The summed E-state index contributed by atoms with van der Waals surface area (Å²) in [5.41, 5.74) is 6.84. The van der Waals surface area contributed by atoms with Crippen molar-refractivity contribution >= 4 is 34.0 Å². The molecule has 11 heteroatoms. The Balaban J connectivity index is 0.00000225. The fourth-order valence-corrected chi connectivity index (χ4v) is 3.92. The Morgan fingerprint density at radius 2 is 2.04 bits per heavy atom. The molecule has 1 amide bonds. The number of benzene rings is 1. The zero-order valence-corrected chi connectivity index (χ0v) is 14.9. The van der Waals surface area contributed by atoms with Gasteiger partial charge in [-0.1, -0.05) is 0 Å². The smallest absolute Gasteiger partial charge is 0.239 e. The van der Waals surface area contributed by atoms with Crippen LogP contribution in [0.1, 0.15) is 12.2 Å². The fraction of sp³-hybridized carbons (Fsp3) is 0.357. The number of carbonyl (C=O) groups is 1. The number of nitrogens with zero attached hydrogens (tertiary/aromatic N) is 3. The molecule has 0 radical (unpaired) electrons. The normalized spacial score (nSPS) is 16.4. The highest BCUT2D eigenvalue weighted by atomic mass is 35.5. The highest BCUT2D eigenvalue weighted by Gasteiger charge is 2.29. The molecule has 3 rings (SSSR count). The van der Waals surface area contributed by atoms with Gasteiger partial charge in [0.1, 0.15) is 5.82 Å². The van der Waals surface area contributed by atoms with Crippen LogP contribution in [0.3, 0.4) is 0 Å². The largest absolute Gasteiger partial charge is 0.325 e. The Morgan fingerprint density at radius 1 is 1.32 bits per heavy atom. The monoisotopic (exact) mass is 386 g/mol. The molecule has 2 heterocycles. The second-order valence-corrected chi connectivity index (χ2v) is 7.53. The molecular weight excluding hydrogens is 368 g/mol. The molecule has 9 nitrogen and oxygen atoms in total. The zero-order chi connectivity index (χ0) is 17.2. The maximum atomic E-state index is 12.0. The average Bonchev–Trinajstić information content (AvgIpc) is 3.15. The number of hydrogen-bond acceptors (Lipinski definition) is 6. The van der Waals surface area contributed by atoms with Crippen molar-refractivity contribution in [1.29, 1.82) is 0 Å². The number of nitrogens with two attached hydrogens (primary N) is 1. The van der Waals surface area contributed by atoms with E-state index in [0.29, 0.717) is 30.3 Å². The van der Waals surface area contributed by atoms with Crippen molar-refractivity contribution in [2.75, 3.05) is 24.2 Å². The molecule has 0 aliphatic carbocycles. The van der Waals surface area contributed by atoms with Crippen LogP contribution in [-0.4, -0.2) is 52.7 Å². The van der Waals surface area contributed by atoms with E-state index in [9.17, 15) is 13.2 Å². The Kier molecular flexibility index (Phi) is 6.11. The minimum absolute atomic E-state index is 0. The molecule has 1 aliphatic heterocycles. The fourth-order valence-electron chi connectivity index (χ4n) is 2.45. The van der Waals surface area contributed by atoms with Gasteiger partial charge in [0.25, 0.3) is 0 Å². The predicted octanol–water partition coefficient (Wildman–Crippen LogP) is 0.326. The summed E-state index contributed by atoms with van der Waals surface area (Å²) in [5, 5.41) is 9.47. The molecule has 0 bridgehead atoms. The van der Waals surface area contributed by atoms with Crippen molar-refractivity contribution in [3.8, 4) is 11.4 Å². The lowest BCUT2D eigenvalue weighted by Gasteiger charge is -2.13. The molecular formula is C14H19ClN6O3S. The third-order valence-electron chi connectivity index (χ3n) is 3.68. The van der Waals surface area contributed by atoms with Gasteiger partial charge in [-0.05, 0) is 30.7 Å². The van der Waals surface area contributed by atoms with Crippen LogP contribution in [0, 0.1) is 0 Å². The van der Waals surface area contributed by atoms with Crippen molar-refractivity contribution in [2.24, 2.45) is 5.73 Å². The quantitative estimate of drug-likeness (QED) is 0.677. The molecule has 1 fully saturated rings. The number of aromatic nitrogens is 3. The first-order chi connectivity index (χ1) is 11.5. The van der Waals surface area contributed by atoms with Gasteiger partial charge in [0.05, 0.1) is 18.8 Å². The van der Waals surface area contributed by atoms with Gasteiger partial charge in [0.15, 0.2) is 5.82 Å². The molecule has 1 aromatic carbocycles. The average molecular weight is 387 g/mol. The summed E-state index contributed by atoms with van der Waals surface area (Å²) in [5.74, 6) is 0.860. The van der Waals surface area contributed by atoms with Crippen LogP contribution in [0.4, 0.5) is 5.69 Å². The maximum Gasteiger partial charge on any atom is 0.239 e. The number of nitrogens with one attached hydrogen (secondary N) is 2. The standard InChI is InChI=1S/C14H18N6O3S.ClH/c15-8-12-17-14(19-18-12)10-2-4-11(5-3-10)16-13(21)9-20-6-1-7-24(20,22)23;/h2-5H,1,6-9,15H2,(H,16,21)(H,17,18,19);1H. The van der Waals surface area contributed by atoms with E-state index >= 15 is 0 Å². The van der Waals surface area contributed by atoms with Gasteiger partial charge in [-0.25, -0.2) is 13.4 Å². The lowest BCUT2D eigenvalue weighted by Crippen LogP contribution is -2.34. The number of amides is 1. The summed E-state index contributed by atoms with van der Waals surface area (Å²) in [6, 6.07) is 6.96. The Labute approximate surface area is 151 Å². The van der Waals surface area contributed by atoms with Crippen molar-refractivity contribution < 1.29 is 13.2 Å². The number of H-pyrrole nitrogens is 1. The van der Waals surface area contributed by atoms with Crippen LogP contribution in [0.25, 0.3) is 11.4 Å². The third kappa shape index (κ3) is 4.54. The summed E-state index contributed by atoms with van der Waals surface area (Å²) in [6.45, 7) is 0.508. The first-order valence-electron chi connectivity index (χ1n) is 7.47. The van der Waals surface area contributed by atoms with Crippen LogP contribution in [0.5, 0.6) is 0 Å². The van der Waals surface area contributed by atoms with Crippen LogP contribution in [0.2, 0.25) is 0 Å². The van der Waals surface area contributed by atoms with Gasteiger partial charge < -0.3 is 11.1 Å². The highest BCUT2D eigenvalue weighted by molar-refractivity contribution is 7.89. The van der Waals surface area contributed by atoms with Gasteiger partial charge in [-0.15, -0.1) is 12.4 Å². The molecule has 1 aromatic heterocycles. The van der Waals surface area contributed by atoms with Crippen molar-refractivity contribution in [1.82, 2.24) is 19.5 Å². The van der Waals surface area contributed by atoms with E-state index in [1.807, 2.05) is 0 Å². The van der Waals surface area contributed by atoms with E-state index in [-0.39, 0.29) is 37.2 Å². The lowest BCUT2D eigenvalue weighted by atomic mass is 10.2. The van der Waals surface area contributed by atoms with Gasteiger partial charge in [0.2, 0.25) is 15.9 Å². The molecule has 4 N–H and O–H groups in total. The summed E-state index contributed by atoms with van der Waals surface area (Å²) in [6.07, 6.45) is 0.561. The minimum atomic E-state index is -3.28. The SMILES string of the molecule is Cl.NCc1nc(-c2ccc(NC(=O)CN3CCCS3(=O)=O)cc2)n[nH]1. The molecule has 1 saturated heterocycles. The molecule has 136 valence electrons. The van der Waals surface area contributed by atoms with E-state index in [0.717, 1.165) is 5.56 Å². The molecule has 0 saturated carbocycles. The Morgan fingerprint density at radius 3 is 2.60 bits per heavy atom. The van der Waals surface area contributed by atoms with Crippen LogP contribution in [-0.2, 0) is 21.4 Å². The van der Waals surface area contributed by atoms with Crippen molar-refractivity contribution in [2.45, 2.75) is 13.0 Å². The highest BCUT2D eigenvalue weighted by Crippen LogP contribution is 2.18. The maximum absolute atomic E-state index is 12.0. The predicted molar refractivity (Wildman–Crippen MR) is 95.6 cm³/mol. The van der Waals surface area contributed by atoms with E-state index in [1.54, 1.807) is 24.3 Å². The summed E-state index contributed by atoms with van der Waals surface area (Å²) in [4.78, 5) is 16.2. The first-order valence-corrected chi connectivity index (χ1v) is 9.08. The van der Waals surface area contributed by atoms with E-state index in [2.05, 4.69) is 20.5 Å². The van der Waals surface area contributed by atoms with Gasteiger partial charge >= 0.3 is 0 Å². The van der Waals surface area contributed by atoms with Gasteiger partial charge in [0, 0.05) is 17.8 Å². The molecule has 2 aromatic rings. The van der Waals surface area contributed by atoms with Gasteiger partial charge in [-0.2, -0.15) is 9.40 Å². The lowest BCUT2D eigenvalue weighted by molar-refractivity contribution is -0.116. The molecule has 0 atom stereocenters. The number of hydrogen-bond donors (Lipinski definition) is 3. The number of rotatable bonds is 5. The number of aromatic amines is 1. The zero-order valence-electron chi connectivity index (χ0n) is 13.3. The number of carbonyl (C=O) groups excluding carboxylic acids is 1. The van der Waals surface area contributed by atoms with E-state index in [1.165, 1.54) is 4.31 Å². The topological polar surface area (TPSA) is 134 Å². The van der Waals surface area contributed by atoms with Crippen LogP contribution >= 0.6 is 12.4 Å². The van der Waals surface area contributed by atoms with E-state index < -0.39 is 10.0 Å². The number of halogens is 1. The van der Waals surface area contributed by atoms with Crippen molar-refractivity contribution in [3.63, 3.8) is 0 Å². The summed E-state index contributed by atoms with van der Waals surface area (Å²) >= 11 is 0. The number of anilines is 1. The second kappa shape index (κ2) is 7.91. The summed E-state index contributed by atoms with van der Waals surface area (Å²) in [7, 11) is -3.28. The second-order valence-electron chi connectivity index (χ2n) is 5.44. The van der Waals surface area contributed by atoms with Gasteiger partial charge in [-0.3, -0.25) is 9.89 Å². The van der Waals surface area contributed by atoms with Crippen LogP contribution < -0.4 is 11.1 Å². The Bertz CT molecular complexity index is 837. The van der Waals surface area contributed by atoms with Crippen molar-refractivity contribution in [3.05, 3.63) is 30.1 Å². The minimum Gasteiger partial charge on any atom is -0.325 e. The molecule has 25 heavy (non-hydrogen) atoms. The molecule has 0 unspecified atom stereocenters. The van der Waals surface area contributed by atoms with Crippen LogP contribution in [0.15, 0.2) is 24.3 Å². The molecule has 0 spiro atoms. The third-order valence-corrected chi connectivity index (χ3v) is 5.58. The first kappa shape index (κ1) is 19.3.